The van der Waals surface area contributed by atoms with E-state index in [1.54, 1.807) is 0 Å². The summed E-state index contributed by atoms with van der Waals surface area (Å²) in [6.45, 7) is 0.286. The molecule has 0 saturated carbocycles. The van der Waals surface area contributed by atoms with E-state index in [9.17, 15) is 13.2 Å². The highest BCUT2D eigenvalue weighted by molar-refractivity contribution is 7.89. The maximum absolute atomic E-state index is 10.8. The Kier molecular flexibility index (Phi) is 5.40. The van der Waals surface area contributed by atoms with Gasteiger partial charge in [0.1, 0.15) is 0 Å². The summed E-state index contributed by atoms with van der Waals surface area (Å²) in [6, 6.07) is 0. The van der Waals surface area contributed by atoms with Crippen LogP contribution in [0.3, 0.4) is 0 Å². The fraction of sp³-hybridized carbons (Fsp3) is 0.833. The molecule has 0 rings (SSSR count). The molecule has 0 aliphatic rings. The minimum absolute atomic E-state index is 0.0325. The molecule has 7 heteroatoms. The van der Waals surface area contributed by atoms with Crippen molar-refractivity contribution >= 4 is 16.1 Å². The molecular formula is C6H14N2O4S. The molecule has 0 aliphatic carbocycles. The number of sulfonamides is 1. The predicted molar refractivity (Wildman–Crippen MR) is 48.1 cm³/mol. The summed E-state index contributed by atoms with van der Waals surface area (Å²) in [4.78, 5) is 9.97. The zero-order chi connectivity index (χ0) is 10.3. The van der Waals surface area contributed by atoms with Gasteiger partial charge in [-0.1, -0.05) is 0 Å². The first-order chi connectivity index (χ1) is 5.98. The fourth-order valence-corrected chi connectivity index (χ4v) is 1.50. The van der Waals surface area contributed by atoms with E-state index in [0.29, 0.717) is 12.8 Å². The Morgan fingerprint density at radius 1 is 1.38 bits per heavy atom. The second kappa shape index (κ2) is 5.76. The van der Waals surface area contributed by atoms with Gasteiger partial charge in [-0.05, 0) is 19.9 Å². The first-order valence-corrected chi connectivity index (χ1v) is 5.51. The van der Waals surface area contributed by atoms with Gasteiger partial charge in [-0.15, -0.1) is 0 Å². The summed E-state index contributed by atoms with van der Waals surface area (Å²) in [7, 11) is -1.79. The number of hydrogen-bond acceptors (Lipinski definition) is 3. The minimum atomic E-state index is -3.15. The molecule has 0 bridgehead atoms. The molecule has 0 spiro atoms. The average Bonchev–Trinajstić information content (AvgIpc) is 2.03. The van der Waals surface area contributed by atoms with Crippen molar-refractivity contribution in [2.75, 3.05) is 19.3 Å². The minimum Gasteiger partial charge on any atom is -0.465 e. The lowest BCUT2D eigenvalue weighted by atomic mass is 10.3. The van der Waals surface area contributed by atoms with Crippen LogP contribution >= 0.6 is 0 Å². The molecule has 6 nitrogen and oxygen atoms in total. The Labute approximate surface area is 77.4 Å². The first-order valence-electron chi connectivity index (χ1n) is 3.86. The predicted octanol–water partition coefficient (Wildman–Crippen LogP) is -0.417. The van der Waals surface area contributed by atoms with Crippen LogP contribution in [0.2, 0.25) is 0 Å². The first kappa shape index (κ1) is 12.2. The Morgan fingerprint density at radius 3 is 2.46 bits per heavy atom. The third kappa shape index (κ3) is 7.54. The maximum Gasteiger partial charge on any atom is 0.404 e. The molecule has 0 unspecified atom stereocenters. The van der Waals surface area contributed by atoms with Crippen molar-refractivity contribution < 1.29 is 18.3 Å². The molecule has 0 atom stereocenters. The second-order valence-corrected chi connectivity index (χ2v) is 4.51. The second-order valence-electron chi connectivity index (χ2n) is 2.46. The lowest BCUT2D eigenvalue weighted by Crippen LogP contribution is -2.24. The number of amides is 1. The molecule has 0 radical (unpaired) electrons. The summed E-state index contributed by atoms with van der Waals surface area (Å²) in [5.74, 6) is 0.0325. The van der Waals surface area contributed by atoms with Gasteiger partial charge in [-0.2, -0.15) is 0 Å². The van der Waals surface area contributed by atoms with Crippen molar-refractivity contribution in [3.05, 3.63) is 0 Å². The van der Waals surface area contributed by atoms with E-state index in [-0.39, 0.29) is 12.3 Å². The molecular weight excluding hydrogens is 196 g/mol. The molecule has 1 amide bonds. The van der Waals surface area contributed by atoms with Gasteiger partial charge in [0.25, 0.3) is 0 Å². The summed E-state index contributed by atoms with van der Waals surface area (Å²) in [6.07, 6.45) is -0.118. The Bertz CT molecular complexity index is 249. The third-order valence-electron chi connectivity index (χ3n) is 1.43. The largest absolute Gasteiger partial charge is 0.465 e. The van der Waals surface area contributed by atoms with Crippen LogP contribution in [0.1, 0.15) is 12.8 Å². The third-order valence-corrected chi connectivity index (χ3v) is 2.88. The molecule has 0 fully saturated rings. The molecule has 0 saturated heterocycles. The van der Waals surface area contributed by atoms with Crippen LogP contribution in [0, 0.1) is 0 Å². The van der Waals surface area contributed by atoms with Crippen molar-refractivity contribution in [2.24, 2.45) is 0 Å². The molecule has 3 N–H and O–H groups in total. The number of hydrogen-bond donors (Lipinski definition) is 3. The van der Waals surface area contributed by atoms with Crippen molar-refractivity contribution in [2.45, 2.75) is 12.8 Å². The van der Waals surface area contributed by atoms with Crippen molar-refractivity contribution in [3.63, 3.8) is 0 Å². The molecule has 0 aliphatic heterocycles. The number of carboxylic acid groups (broad SMARTS) is 1. The van der Waals surface area contributed by atoms with E-state index in [4.69, 9.17) is 5.11 Å². The molecule has 0 heterocycles. The van der Waals surface area contributed by atoms with E-state index in [1.165, 1.54) is 7.05 Å². The Hall–Kier alpha value is -0.820. The van der Waals surface area contributed by atoms with E-state index in [0.717, 1.165) is 0 Å². The van der Waals surface area contributed by atoms with Crippen LogP contribution in [0.5, 0.6) is 0 Å². The zero-order valence-corrected chi connectivity index (χ0v) is 8.23. The van der Waals surface area contributed by atoms with Crippen molar-refractivity contribution in [1.29, 1.82) is 0 Å². The van der Waals surface area contributed by atoms with Crippen LogP contribution in [-0.4, -0.2) is 39.0 Å². The lowest BCUT2D eigenvalue weighted by molar-refractivity contribution is 0.194. The van der Waals surface area contributed by atoms with E-state index in [1.807, 2.05) is 0 Å². The quantitative estimate of drug-likeness (QED) is 0.519. The van der Waals surface area contributed by atoms with Gasteiger partial charge in [-0.25, -0.2) is 17.9 Å². The SMILES string of the molecule is CNS(=O)(=O)CCCCNC(=O)O. The van der Waals surface area contributed by atoms with Crippen LogP contribution in [0.25, 0.3) is 0 Å². The van der Waals surface area contributed by atoms with Gasteiger partial charge in [0, 0.05) is 6.54 Å². The molecule has 13 heavy (non-hydrogen) atoms. The molecule has 0 aromatic rings. The zero-order valence-electron chi connectivity index (χ0n) is 7.41. The van der Waals surface area contributed by atoms with E-state index in [2.05, 4.69) is 10.0 Å². The van der Waals surface area contributed by atoms with Gasteiger partial charge in [0.15, 0.2) is 0 Å². The van der Waals surface area contributed by atoms with Gasteiger partial charge >= 0.3 is 6.09 Å². The average molecular weight is 210 g/mol. The van der Waals surface area contributed by atoms with Crippen molar-refractivity contribution in [1.82, 2.24) is 10.0 Å². The topological polar surface area (TPSA) is 95.5 Å². The van der Waals surface area contributed by atoms with Crippen LogP contribution in [0.15, 0.2) is 0 Å². The highest BCUT2D eigenvalue weighted by Crippen LogP contribution is 1.92. The lowest BCUT2D eigenvalue weighted by Gasteiger charge is -2.02. The van der Waals surface area contributed by atoms with Gasteiger partial charge in [-0.3, -0.25) is 0 Å². The highest BCUT2D eigenvalue weighted by atomic mass is 32.2. The molecule has 78 valence electrons. The van der Waals surface area contributed by atoms with Crippen LogP contribution < -0.4 is 10.0 Å². The normalized spacial score (nSPS) is 11.2. The summed E-state index contributed by atoms with van der Waals surface area (Å²) >= 11 is 0. The number of rotatable bonds is 6. The van der Waals surface area contributed by atoms with E-state index >= 15 is 0 Å². The van der Waals surface area contributed by atoms with Gasteiger partial charge < -0.3 is 10.4 Å². The Balaban J connectivity index is 3.42. The highest BCUT2D eigenvalue weighted by Gasteiger charge is 2.05. The number of carbonyl (C=O) groups is 1. The fourth-order valence-electron chi connectivity index (χ4n) is 0.714. The van der Waals surface area contributed by atoms with Gasteiger partial charge in [0.05, 0.1) is 5.75 Å². The van der Waals surface area contributed by atoms with Crippen molar-refractivity contribution in [3.8, 4) is 0 Å². The number of unbranched alkanes of at least 4 members (excludes halogenated alkanes) is 1. The summed E-state index contributed by atoms with van der Waals surface area (Å²) in [5.41, 5.74) is 0. The summed E-state index contributed by atoms with van der Waals surface area (Å²) in [5, 5.41) is 10.3. The summed E-state index contributed by atoms with van der Waals surface area (Å²) < 4.78 is 23.9. The molecule has 0 aromatic carbocycles. The Morgan fingerprint density at radius 2 is 2.00 bits per heavy atom. The smallest absolute Gasteiger partial charge is 0.404 e. The maximum atomic E-state index is 10.8. The van der Waals surface area contributed by atoms with Gasteiger partial charge in [0.2, 0.25) is 10.0 Å². The van der Waals surface area contributed by atoms with Crippen LogP contribution in [-0.2, 0) is 10.0 Å². The van der Waals surface area contributed by atoms with E-state index < -0.39 is 16.1 Å². The monoisotopic (exact) mass is 210 g/mol. The number of nitrogens with one attached hydrogen (secondary N) is 2. The van der Waals surface area contributed by atoms with Crippen LogP contribution in [0.4, 0.5) is 4.79 Å². The standard InChI is InChI=1S/C6H14N2O4S/c1-7-13(11,12)5-3-2-4-8-6(9)10/h7-8H,2-5H2,1H3,(H,9,10). The molecule has 0 aromatic heterocycles.